The van der Waals surface area contributed by atoms with Gasteiger partial charge in [0.1, 0.15) is 5.70 Å². The van der Waals surface area contributed by atoms with Crippen LogP contribution in [0.25, 0.3) is 6.08 Å². The van der Waals surface area contributed by atoms with Crippen molar-refractivity contribution in [1.29, 1.82) is 0 Å². The standard InChI is InChI=1S/C25H25N3O2/c1-28(2)22-15-13-19(14-16-22)17-23(27-24(29)21-11-7-4-8-12-21)25(30)26-18-20-9-5-3-6-10-20/h3-17H,18H2,1-2H3,(H,26,30)(H,27,29)/b23-17-. The Hall–Kier alpha value is -3.86. The molecule has 0 heterocycles. The summed E-state index contributed by atoms with van der Waals surface area (Å²) in [7, 11) is 3.93. The Bertz CT molecular complexity index is 1010. The highest BCUT2D eigenvalue weighted by atomic mass is 16.2. The van der Waals surface area contributed by atoms with Gasteiger partial charge in [0.2, 0.25) is 0 Å². The maximum absolute atomic E-state index is 12.9. The molecule has 0 aliphatic carbocycles. The molecule has 0 spiro atoms. The van der Waals surface area contributed by atoms with Gasteiger partial charge < -0.3 is 15.5 Å². The Morgan fingerprint density at radius 2 is 1.43 bits per heavy atom. The molecule has 5 nitrogen and oxygen atoms in total. The average Bonchev–Trinajstić information content (AvgIpc) is 2.78. The van der Waals surface area contributed by atoms with Crippen LogP contribution >= 0.6 is 0 Å². The molecule has 0 atom stereocenters. The number of nitrogens with one attached hydrogen (secondary N) is 2. The van der Waals surface area contributed by atoms with E-state index in [2.05, 4.69) is 10.6 Å². The minimum absolute atomic E-state index is 0.192. The molecule has 0 radical (unpaired) electrons. The molecule has 30 heavy (non-hydrogen) atoms. The number of benzene rings is 3. The van der Waals surface area contributed by atoms with Crippen molar-refractivity contribution in [3.8, 4) is 0 Å². The lowest BCUT2D eigenvalue weighted by atomic mass is 10.1. The summed E-state index contributed by atoms with van der Waals surface area (Å²) in [6.07, 6.45) is 1.68. The zero-order valence-electron chi connectivity index (χ0n) is 17.1. The maximum Gasteiger partial charge on any atom is 0.268 e. The SMILES string of the molecule is CN(C)c1ccc(/C=C(\NC(=O)c2ccccc2)C(=O)NCc2ccccc2)cc1. The maximum atomic E-state index is 12.9. The van der Waals surface area contributed by atoms with Gasteiger partial charge >= 0.3 is 0 Å². The fourth-order valence-electron chi connectivity index (χ4n) is 2.85. The summed E-state index contributed by atoms with van der Waals surface area (Å²) in [4.78, 5) is 27.5. The number of anilines is 1. The molecule has 0 saturated heterocycles. The number of rotatable bonds is 7. The van der Waals surface area contributed by atoms with Gasteiger partial charge in [-0.1, -0.05) is 60.7 Å². The molecule has 0 bridgehead atoms. The van der Waals surface area contributed by atoms with E-state index in [-0.39, 0.29) is 17.5 Å². The van der Waals surface area contributed by atoms with E-state index in [1.807, 2.05) is 79.7 Å². The summed E-state index contributed by atoms with van der Waals surface area (Å²) in [5.41, 5.74) is 3.53. The Kier molecular flexibility index (Phi) is 7.00. The van der Waals surface area contributed by atoms with Crippen LogP contribution in [0.5, 0.6) is 0 Å². The molecule has 5 heteroatoms. The first-order valence-electron chi connectivity index (χ1n) is 9.70. The van der Waals surface area contributed by atoms with Gasteiger partial charge in [-0.2, -0.15) is 0 Å². The summed E-state index contributed by atoms with van der Waals surface area (Å²) in [5.74, 6) is -0.679. The second kappa shape index (κ2) is 10.1. The molecular weight excluding hydrogens is 374 g/mol. The second-order valence-electron chi connectivity index (χ2n) is 7.03. The number of carbonyl (C=O) groups excluding carboxylic acids is 2. The summed E-state index contributed by atoms with van der Waals surface area (Å²) >= 11 is 0. The first-order chi connectivity index (χ1) is 14.5. The van der Waals surface area contributed by atoms with Gasteiger partial charge in [0.25, 0.3) is 11.8 Å². The molecule has 3 aromatic rings. The predicted molar refractivity (Wildman–Crippen MR) is 121 cm³/mol. The van der Waals surface area contributed by atoms with Gasteiger partial charge in [-0.15, -0.1) is 0 Å². The smallest absolute Gasteiger partial charge is 0.268 e. The zero-order chi connectivity index (χ0) is 21.3. The van der Waals surface area contributed by atoms with Crippen LogP contribution in [0.3, 0.4) is 0 Å². The quantitative estimate of drug-likeness (QED) is 0.594. The Balaban J connectivity index is 1.81. The lowest BCUT2D eigenvalue weighted by molar-refractivity contribution is -0.117. The highest BCUT2D eigenvalue weighted by Gasteiger charge is 2.14. The van der Waals surface area contributed by atoms with Crippen molar-refractivity contribution in [2.24, 2.45) is 0 Å². The molecule has 0 saturated carbocycles. The molecule has 2 N–H and O–H groups in total. The van der Waals surface area contributed by atoms with Crippen molar-refractivity contribution in [3.63, 3.8) is 0 Å². The van der Waals surface area contributed by atoms with Gasteiger partial charge in [0.05, 0.1) is 0 Å². The van der Waals surface area contributed by atoms with E-state index in [0.717, 1.165) is 16.8 Å². The number of hydrogen-bond donors (Lipinski definition) is 2. The normalized spacial score (nSPS) is 10.9. The average molecular weight is 399 g/mol. The van der Waals surface area contributed by atoms with E-state index in [0.29, 0.717) is 12.1 Å². The van der Waals surface area contributed by atoms with Crippen LogP contribution in [0.4, 0.5) is 5.69 Å². The fraction of sp³-hybridized carbons (Fsp3) is 0.120. The zero-order valence-corrected chi connectivity index (χ0v) is 17.1. The molecule has 152 valence electrons. The third-order valence-electron chi connectivity index (χ3n) is 4.55. The van der Waals surface area contributed by atoms with Gasteiger partial charge in [-0.3, -0.25) is 9.59 Å². The van der Waals surface area contributed by atoms with Crippen LogP contribution in [-0.4, -0.2) is 25.9 Å². The summed E-state index contributed by atoms with van der Waals surface area (Å²) < 4.78 is 0. The third-order valence-corrected chi connectivity index (χ3v) is 4.55. The van der Waals surface area contributed by atoms with Crippen LogP contribution in [0, 0.1) is 0 Å². The highest BCUT2D eigenvalue weighted by molar-refractivity contribution is 6.05. The van der Waals surface area contributed by atoms with E-state index in [1.54, 1.807) is 30.3 Å². The van der Waals surface area contributed by atoms with Crippen LogP contribution in [0.2, 0.25) is 0 Å². The topological polar surface area (TPSA) is 61.4 Å². The minimum Gasteiger partial charge on any atom is -0.378 e. The van der Waals surface area contributed by atoms with Gasteiger partial charge in [0, 0.05) is 31.9 Å². The monoisotopic (exact) mass is 399 g/mol. The van der Waals surface area contributed by atoms with Gasteiger partial charge in [-0.25, -0.2) is 0 Å². The van der Waals surface area contributed by atoms with E-state index < -0.39 is 0 Å². The van der Waals surface area contributed by atoms with Gasteiger partial charge in [-0.05, 0) is 41.5 Å². The van der Waals surface area contributed by atoms with Crippen LogP contribution in [0.15, 0.2) is 90.6 Å². The van der Waals surface area contributed by atoms with Crippen LogP contribution in [0.1, 0.15) is 21.5 Å². The summed E-state index contributed by atoms with van der Waals surface area (Å²) in [6.45, 7) is 0.373. The van der Waals surface area contributed by atoms with E-state index in [1.165, 1.54) is 0 Å². The lowest BCUT2D eigenvalue weighted by Crippen LogP contribution is -2.34. The Morgan fingerprint density at radius 1 is 0.833 bits per heavy atom. The largest absolute Gasteiger partial charge is 0.378 e. The molecule has 0 aromatic heterocycles. The van der Waals surface area contributed by atoms with Crippen molar-refractivity contribution in [2.75, 3.05) is 19.0 Å². The molecule has 3 aromatic carbocycles. The van der Waals surface area contributed by atoms with Crippen molar-refractivity contribution < 1.29 is 9.59 Å². The van der Waals surface area contributed by atoms with E-state index in [9.17, 15) is 9.59 Å². The Morgan fingerprint density at radius 3 is 2.03 bits per heavy atom. The van der Waals surface area contributed by atoms with Crippen LogP contribution in [-0.2, 0) is 11.3 Å². The van der Waals surface area contributed by atoms with Gasteiger partial charge in [0.15, 0.2) is 0 Å². The first kappa shape index (κ1) is 20.9. The van der Waals surface area contributed by atoms with Crippen molar-refractivity contribution >= 4 is 23.6 Å². The van der Waals surface area contributed by atoms with Crippen molar-refractivity contribution in [2.45, 2.75) is 6.54 Å². The first-order valence-corrected chi connectivity index (χ1v) is 9.70. The Labute approximate surface area is 177 Å². The molecule has 0 unspecified atom stereocenters. The second-order valence-corrected chi connectivity index (χ2v) is 7.03. The molecule has 0 aliphatic heterocycles. The summed E-state index contributed by atoms with van der Waals surface area (Å²) in [5, 5.41) is 5.63. The highest BCUT2D eigenvalue weighted by Crippen LogP contribution is 2.14. The van der Waals surface area contributed by atoms with Crippen molar-refractivity contribution in [3.05, 3.63) is 107 Å². The van der Waals surface area contributed by atoms with Crippen molar-refractivity contribution in [1.82, 2.24) is 10.6 Å². The van der Waals surface area contributed by atoms with E-state index in [4.69, 9.17) is 0 Å². The molecule has 3 rings (SSSR count). The predicted octanol–water partition coefficient (Wildman–Crippen LogP) is 3.84. The number of amides is 2. The number of carbonyl (C=O) groups is 2. The van der Waals surface area contributed by atoms with Crippen LogP contribution < -0.4 is 15.5 Å². The van der Waals surface area contributed by atoms with E-state index >= 15 is 0 Å². The number of hydrogen-bond acceptors (Lipinski definition) is 3. The summed E-state index contributed by atoms with van der Waals surface area (Å²) in [6, 6.07) is 26.2. The molecule has 2 amide bonds. The lowest BCUT2D eigenvalue weighted by Gasteiger charge is -2.13. The number of nitrogens with zero attached hydrogens (tertiary/aromatic N) is 1. The minimum atomic E-state index is -0.347. The molecule has 0 fully saturated rings. The molecule has 0 aliphatic rings. The third kappa shape index (κ3) is 5.82. The fourth-order valence-corrected chi connectivity index (χ4v) is 2.85. The molecular formula is C25H25N3O2.